The first-order valence-electron chi connectivity index (χ1n) is 26.5. The lowest BCUT2D eigenvalue weighted by Crippen LogP contribution is -2.61. The number of para-hydroxylation sites is 1. The zero-order chi connectivity index (χ0) is 58.8. The molecule has 8 amide bonds. The molecule has 14 N–H and O–H groups in total. The highest BCUT2D eigenvalue weighted by atomic mass is 16.4. The maximum absolute atomic E-state index is 15.0. The smallest absolute Gasteiger partial charge is 0.326 e. The Labute approximate surface area is 465 Å². The van der Waals surface area contributed by atoms with Crippen LogP contribution in [0.2, 0.25) is 0 Å². The summed E-state index contributed by atoms with van der Waals surface area (Å²) in [4.78, 5) is 142. The summed E-state index contributed by atoms with van der Waals surface area (Å²) in [6.07, 6.45) is 1.58. The van der Waals surface area contributed by atoms with E-state index >= 15 is 0 Å². The number of aromatic amines is 1. The van der Waals surface area contributed by atoms with Crippen LogP contribution in [0, 0.1) is 5.92 Å². The molecule has 3 aromatic carbocycles. The molecule has 26 nitrogen and oxygen atoms in total. The molecule has 2 unspecified atom stereocenters. The average Bonchev–Trinajstić information content (AvgIpc) is 4.25. The van der Waals surface area contributed by atoms with E-state index in [1.807, 2.05) is 6.07 Å². The number of fused-ring (bicyclic) bond motifs is 3. The highest BCUT2D eigenvalue weighted by Gasteiger charge is 2.36. The summed E-state index contributed by atoms with van der Waals surface area (Å²) in [7, 11) is 0. The molecule has 0 spiro atoms. The average molecular weight is 1120 g/mol. The fourth-order valence-electron chi connectivity index (χ4n) is 9.15. The van der Waals surface area contributed by atoms with Crippen LogP contribution in [0.5, 0.6) is 5.75 Å². The lowest BCUT2D eigenvalue weighted by Gasteiger charge is -2.28. The third kappa shape index (κ3) is 18.2. The van der Waals surface area contributed by atoms with Crippen LogP contribution in [0.3, 0.4) is 0 Å². The SMILES string of the molecule is CC(=O)N[C@@H](CC(=O)O)C(=O)N[C@H]1Cc2cn(nn2)CCC(C(=O)N[C@H](C(=O)O)C(C)C)NC(=O)C(Cc2ccc(O)cc2)NC(=O)[C@H](CCCCN)NC(=O)[C@H](Cc2c[nH]c3ccccc23)NC(=O)[C@H](Cc2ccccc2)NC1=O. The predicted octanol–water partition coefficient (Wildman–Crippen LogP) is -0.618. The van der Waals surface area contributed by atoms with Gasteiger partial charge < -0.3 is 68.6 Å². The molecule has 5 aromatic rings. The Morgan fingerprint density at radius 3 is 1.95 bits per heavy atom. The number of carbonyl (C=O) groups excluding carboxylic acids is 8. The number of aromatic hydroxyl groups is 1. The molecule has 0 fully saturated rings. The first-order valence-corrected chi connectivity index (χ1v) is 26.5. The van der Waals surface area contributed by atoms with E-state index < -0.39 is 126 Å². The molecule has 2 aromatic heterocycles. The van der Waals surface area contributed by atoms with Gasteiger partial charge in [0.05, 0.1) is 12.1 Å². The van der Waals surface area contributed by atoms with Gasteiger partial charge in [0.15, 0.2) is 0 Å². The maximum atomic E-state index is 15.0. The van der Waals surface area contributed by atoms with Crippen molar-refractivity contribution < 1.29 is 63.3 Å². The molecule has 1 aliphatic rings. The monoisotopic (exact) mass is 1120 g/mol. The minimum Gasteiger partial charge on any atom is -0.508 e. The van der Waals surface area contributed by atoms with Crippen LogP contribution in [0.15, 0.2) is 91.3 Å². The summed E-state index contributed by atoms with van der Waals surface area (Å²) in [6.45, 7) is 4.24. The predicted molar refractivity (Wildman–Crippen MR) is 291 cm³/mol. The van der Waals surface area contributed by atoms with Crippen LogP contribution in [0.25, 0.3) is 10.9 Å². The van der Waals surface area contributed by atoms with Crippen molar-refractivity contribution in [1.29, 1.82) is 0 Å². The van der Waals surface area contributed by atoms with E-state index in [9.17, 15) is 63.3 Å². The third-order valence-corrected chi connectivity index (χ3v) is 13.5. The Kier molecular flexibility index (Phi) is 22.0. The number of unbranched alkanes of at least 4 members (excludes halogenated alkanes) is 1. The molecule has 1 aliphatic heterocycles. The third-order valence-electron chi connectivity index (χ3n) is 13.5. The summed E-state index contributed by atoms with van der Waals surface area (Å²) >= 11 is 0. The van der Waals surface area contributed by atoms with E-state index in [4.69, 9.17) is 5.73 Å². The molecule has 432 valence electrons. The molecule has 81 heavy (non-hydrogen) atoms. The number of carboxylic acid groups (broad SMARTS) is 2. The van der Waals surface area contributed by atoms with Crippen molar-refractivity contribution in [2.75, 3.05) is 6.54 Å². The Morgan fingerprint density at radius 2 is 1.32 bits per heavy atom. The summed E-state index contributed by atoms with van der Waals surface area (Å²) < 4.78 is 1.25. The van der Waals surface area contributed by atoms with Gasteiger partial charge in [-0.1, -0.05) is 79.7 Å². The van der Waals surface area contributed by atoms with E-state index in [1.165, 1.54) is 35.1 Å². The lowest BCUT2D eigenvalue weighted by molar-refractivity contribution is -0.143. The van der Waals surface area contributed by atoms with Crippen molar-refractivity contribution in [1.82, 2.24) is 62.5 Å². The largest absolute Gasteiger partial charge is 0.508 e. The summed E-state index contributed by atoms with van der Waals surface area (Å²) in [6, 6.07) is 9.50. The Balaban J connectivity index is 1.48. The fraction of sp³-hybridized carbons (Fsp3) is 0.418. The van der Waals surface area contributed by atoms with E-state index in [-0.39, 0.29) is 56.6 Å². The van der Waals surface area contributed by atoms with E-state index in [1.54, 1.807) is 68.6 Å². The molecular weight excluding hydrogens is 1050 g/mol. The van der Waals surface area contributed by atoms with Crippen molar-refractivity contribution in [2.24, 2.45) is 11.7 Å². The number of phenolic OH excluding ortho intramolecular Hbond substituents is 1. The Morgan fingerprint density at radius 1 is 0.728 bits per heavy atom. The number of phenols is 1. The molecule has 0 saturated heterocycles. The molecular formula is C55H69N13O13. The van der Waals surface area contributed by atoms with Gasteiger partial charge in [-0.3, -0.25) is 47.8 Å². The van der Waals surface area contributed by atoms with Gasteiger partial charge in [-0.25, -0.2) is 4.79 Å². The number of carboxylic acids is 2. The number of aliphatic carboxylic acids is 2. The highest BCUT2D eigenvalue weighted by Crippen LogP contribution is 2.21. The van der Waals surface area contributed by atoms with Crippen molar-refractivity contribution in [3.63, 3.8) is 0 Å². The molecule has 6 rings (SSSR count). The first-order chi connectivity index (χ1) is 38.7. The summed E-state index contributed by atoms with van der Waals surface area (Å²) in [5.74, 6) is -10.7. The second kappa shape index (κ2) is 29.1. The molecule has 0 saturated carbocycles. The normalized spacial score (nSPS) is 20.4. The lowest BCUT2D eigenvalue weighted by atomic mass is 10.00. The van der Waals surface area contributed by atoms with Crippen molar-refractivity contribution in [2.45, 2.75) is 133 Å². The molecule has 26 heteroatoms. The summed E-state index contributed by atoms with van der Waals surface area (Å²) in [5, 5.41) is 59.7. The van der Waals surface area contributed by atoms with Gasteiger partial charge in [0, 0.05) is 62.4 Å². The number of nitrogens with two attached hydrogens (primary N) is 1. The fourth-order valence-corrected chi connectivity index (χ4v) is 9.15. The number of nitrogens with zero attached hydrogens (tertiary/aromatic N) is 3. The number of hydrogen-bond donors (Lipinski definition) is 13. The topological polar surface area (TPSA) is 400 Å². The quantitative estimate of drug-likeness (QED) is 0.0459. The minimum absolute atomic E-state index is 0.0121. The molecule has 0 radical (unpaired) electrons. The van der Waals surface area contributed by atoms with Crippen LogP contribution in [0.4, 0.5) is 0 Å². The number of aromatic nitrogens is 4. The molecule has 0 aliphatic carbocycles. The number of carbonyl (C=O) groups is 10. The van der Waals surface area contributed by atoms with Crippen LogP contribution in [-0.4, -0.2) is 149 Å². The number of aryl methyl sites for hydroxylation is 1. The van der Waals surface area contributed by atoms with Gasteiger partial charge in [0.25, 0.3) is 0 Å². The second-order valence-electron chi connectivity index (χ2n) is 20.2. The zero-order valence-electron chi connectivity index (χ0n) is 45.0. The van der Waals surface area contributed by atoms with Crippen LogP contribution in [0.1, 0.15) is 75.3 Å². The second-order valence-corrected chi connectivity index (χ2v) is 20.2. The van der Waals surface area contributed by atoms with Crippen molar-refractivity contribution in [3.05, 3.63) is 114 Å². The maximum Gasteiger partial charge on any atom is 0.326 e. The number of H-pyrrole nitrogens is 1. The van der Waals surface area contributed by atoms with Crippen LogP contribution in [-0.2, 0) is 80.2 Å². The van der Waals surface area contributed by atoms with E-state index in [0.717, 1.165) is 6.92 Å². The van der Waals surface area contributed by atoms with Crippen LogP contribution >= 0.6 is 0 Å². The minimum atomic E-state index is -1.67. The molecule has 8 atom stereocenters. The number of hydrogen-bond acceptors (Lipinski definition) is 14. The molecule has 2 bridgehead atoms. The van der Waals surface area contributed by atoms with Crippen molar-refractivity contribution >= 4 is 70.1 Å². The number of rotatable bonds is 19. The Hall–Kier alpha value is -9.20. The molecule has 3 heterocycles. The van der Waals surface area contributed by atoms with Gasteiger partial charge >= 0.3 is 11.9 Å². The van der Waals surface area contributed by atoms with Gasteiger partial charge in [0.2, 0.25) is 47.3 Å². The van der Waals surface area contributed by atoms with Gasteiger partial charge in [-0.2, -0.15) is 0 Å². The first kappa shape index (κ1) is 61.0. The van der Waals surface area contributed by atoms with Gasteiger partial charge in [0.1, 0.15) is 54.1 Å². The van der Waals surface area contributed by atoms with E-state index in [0.29, 0.717) is 40.4 Å². The van der Waals surface area contributed by atoms with E-state index in [2.05, 4.69) is 57.8 Å². The highest BCUT2D eigenvalue weighted by molar-refractivity contribution is 5.99. The number of amides is 8. The van der Waals surface area contributed by atoms with Gasteiger partial charge in [-0.05, 0) is 73.0 Å². The Bertz CT molecular complexity index is 3020. The standard InChI is InChI=1S/C55H69N13O13/c1-30(2)47(55(80)81)65-49(74)40-20-22-68-29-35(66-67-68)26-44(64-54(79)45(27-46(71)72)58-31(3)69)53(78)62-41(23-32-11-5-4-6-12-32)51(76)63-43(25-34-28-57-38-14-8-7-13-37(34)38)52(77)59-39(15-9-10-21-56)48(73)61-42(50(75)60-40)24-33-16-18-36(70)19-17-33/h4-8,11-14,16-19,28-30,39-45,47,57,70H,9-10,15,20-27,56H2,1-3H3,(H,58,69)(H,59,77)(H,60,75)(H,61,73)(H,62,78)(H,63,76)(H,64,79)(H,65,74)(H,71,72)(H,80,81)/t39-,40?,41-,42?,43-,44-,45-,47-/m0/s1. The van der Waals surface area contributed by atoms with Gasteiger partial charge in [-0.15, -0.1) is 5.10 Å². The van der Waals surface area contributed by atoms with Crippen molar-refractivity contribution in [3.8, 4) is 5.75 Å². The zero-order valence-corrected chi connectivity index (χ0v) is 45.0. The van der Waals surface area contributed by atoms with Crippen LogP contribution < -0.4 is 48.3 Å². The summed E-state index contributed by atoms with van der Waals surface area (Å²) in [5.41, 5.74) is 8.22. The number of benzene rings is 3. The number of nitrogens with one attached hydrogen (secondary N) is 9.